The fourth-order valence-electron chi connectivity index (χ4n) is 3.91. The highest BCUT2D eigenvalue weighted by molar-refractivity contribution is 5.34. The molecule has 0 unspecified atom stereocenters. The summed E-state index contributed by atoms with van der Waals surface area (Å²) in [4.78, 5) is 25.0. The number of hydrogen-bond donors (Lipinski definition) is 8. The molecule has 2 aromatic heterocycles. The highest BCUT2D eigenvalue weighted by Gasteiger charge is 2.42. The SMILES string of the molecule is OCNc1nc(CCC2OCC3(CO2)COC(CCc2nc(NCO)nc(NCO)n2)OC3)nc(NCO)n1. The summed E-state index contributed by atoms with van der Waals surface area (Å²) >= 11 is 0. The summed E-state index contributed by atoms with van der Waals surface area (Å²) in [5.41, 5.74) is -0.416. The van der Waals surface area contributed by atoms with E-state index in [0.29, 0.717) is 63.8 Å². The van der Waals surface area contributed by atoms with Crippen molar-refractivity contribution in [1.29, 1.82) is 0 Å². The van der Waals surface area contributed by atoms with Crippen LogP contribution >= 0.6 is 0 Å². The van der Waals surface area contributed by atoms with Gasteiger partial charge in [-0.05, 0) is 0 Å². The van der Waals surface area contributed by atoms with E-state index in [-0.39, 0.29) is 50.7 Å². The summed E-state index contributed by atoms with van der Waals surface area (Å²) in [5, 5.41) is 46.7. The lowest BCUT2D eigenvalue weighted by molar-refractivity contribution is -0.303. The molecular weight excluding hydrogens is 520 g/mol. The molecular formula is C21H34N10O8. The first kappa shape index (κ1) is 28.9. The number of nitrogens with zero attached hydrogens (tertiary/aromatic N) is 6. The van der Waals surface area contributed by atoms with Gasteiger partial charge in [0, 0.05) is 25.7 Å². The van der Waals surface area contributed by atoms with Crippen LogP contribution in [0.25, 0.3) is 0 Å². The second-order valence-corrected chi connectivity index (χ2v) is 8.82. The van der Waals surface area contributed by atoms with E-state index in [0.717, 1.165) is 0 Å². The Labute approximate surface area is 223 Å². The number of nitrogens with one attached hydrogen (secondary N) is 4. The number of aromatic nitrogens is 6. The molecule has 0 saturated carbocycles. The Kier molecular flexibility index (Phi) is 10.6. The van der Waals surface area contributed by atoms with Crippen molar-refractivity contribution in [3.63, 3.8) is 0 Å². The topological polar surface area (TPSA) is 243 Å². The van der Waals surface area contributed by atoms with Crippen LogP contribution in [0.3, 0.4) is 0 Å². The van der Waals surface area contributed by atoms with E-state index in [2.05, 4.69) is 51.2 Å². The number of ether oxygens (including phenoxy) is 4. The maximum Gasteiger partial charge on any atom is 0.229 e. The van der Waals surface area contributed by atoms with Gasteiger partial charge in [-0.15, -0.1) is 0 Å². The Morgan fingerprint density at radius 3 is 1.13 bits per heavy atom. The summed E-state index contributed by atoms with van der Waals surface area (Å²) in [6.45, 7) is 0.237. The molecule has 18 heteroatoms. The van der Waals surface area contributed by atoms with Gasteiger partial charge in [0.15, 0.2) is 12.6 Å². The molecule has 0 atom stereocenters. The first-order valence-electron chi connectivity index (χ1n) is 12.4. The number of aryl methyl sites for hydroxylation is 2. The molecule has 18 nitrogen and oxygen atoms in total. The third kappa shape index (κ3) is 8.44. The molecule has 4 rings (SSSR count). The zero-order valence-electron chi connectivity index (χ0n) is 21.2. The summed E-state index contributed by atoms with van der Waals surface area (Å²) in [6.07, 6.45) is 0.929. The number of rotatable bonds is 14. The van der Waals surface area contributed by atoms with E-state index >= 15 is 0 Å². The largest absolute Gasteiger partial charge is 0.376 e. The molecule has 0 amide bonds. The number of hydrogen-bond acceptors (Lipinski definition) is 18. The number of aliphatic hydroxyl groups is 4. The average Bonchev–Trinajstić information content (AvgIpc) is 2.93. The van der Waals surface area contributed by atoms with Crippen molar-refractivity contribution in [3.8, 4) is 0 Å². The van der Waals surface area contributed by atoms with E-state index in [1.165, 1.54) is 0 Å². The van der Waals surface area contributed by atoms with Crippen LogP contribution in [0.2, 0.25) is 0 Å². The third-order valence-corrected chi connectivity index (χ3v) is 5.82. The van der Waals surface area contributed by atoms with E-state index in [1.807, 2.05) is 0 Å². The van der Waals surface area contributed by atoms with Gasteiger partial charge >= 0.3 is 0 Å². The van der Waals surface area contributed by atoms with Crippen LogP contribution in [0.5, 0.6) is 0 Å². The highest BCUT2D eigenvalue weighted by atomic mass is 16.7. The molecule has 2 fully saturated rings. The zero-order valence-corrected chi connectivity index (χ0v) is 21.2. The second kappa shape index (κ2) is 14.3. The van der Waals surface area contributed by atoms with Crippen molar-refractivity contribution in [1.82, 2.24) is 29.9 Å². The Hall–Kier alpha value is -3.10. The quantitative estimate of drug-likeness (QED) is 0.115. The van der Waals surface area contributed by atoms with Crippen LogP contribution in [0.15, 0.2) is 0 Å². The van der Waals surface area contributed by atoms with Crippen molar-refractivity contribution in [3.05, 3.63) is 11.6 Å². The zero-order chi connectivity index (χ0) is 27.5. The number of anilines is 4. The van der Waals surface area contributed by atoms with Gasteiger partial charge in [0.25, 0.3) is 0 Å². The first-order valence-corrected chi connectivity index (χ1v) is 12.4. The summed E-state index contributed by atoms with van der Waals surface area (Å²) in [6, 6.07) is 0. The third-order valence-electron chi connectivity index (χ3n) is 5.82. The minimum absolute atomic E-state index is 0.189. The fraction of sp³-hybridized carbons (Fsp3) is 0.714. The average molecular weight is 555 g/mol. The second-order valence-electron chi connectivity index (χ2n) is 8.82. The van der Waals surface area contributed by atoms with Gasteiger partial charge in [-0.3, -0.25) is 0 Å². The predicted molar refractivity (Wildman–Crippen MR) is 133 cm³/mol. The maximum atomic E-state index is 9.07. The molecule has 8 N–H and O–H groups in total. The van der Waals surface area contributed by atoms with Gasteiger partial charge in [-0.2, -0.15) is 29.9 Å². The predicted octanol–water partition coefficient (Wildman–Crippen LogP) is -2.20. The van der Waals surface area contributed by atoms with E-state index < -0.39 is 18.0 Å². The molecule has 2 aliphatic rings. The Bertz CT molecular complexity index is 904. The van der Waals surface area contributed by atoms with E-state index in [9.17, 15) is 0 Å². The van der Waals surface area contributed by atoms with Crippen molar-refractivity contribution in [2.45, 2.75) is 38.3 Å². The Morgan fingerprint density at radius 1 is 0.538 bits per heavy atom. The lowest BCUT2D eigenvalue weighted by Crippen LogP contribution is -2.52. The lowest BCUT2D eigenvalue weighted by Gasteiger charge is -2.43. The monoisotopic (exact) mass is 554 g/mol. The Morgan fingerprint density at radius 2 is 0.846 bits per heavy atom. The molecule has 39 heavy (non-hydrogen) atoms. The van der Waals surface area contributed by atoms with Gasteiger partial charge in [0.1, 0.15) is 38.6 Å². The lowest BCUT2D eigenvalue weighted by atomic mass is 9.90. The van der Waals surface area contributed by atoms with Gasteiger partial charge < -0.3 is 60.6 Å². The molecule has 2 aromatic rings. The molecule has 4 heterocycles. The van der Waals surface area contributed by atoms with Crippen LogP contribution in [-0.2, 0) is 31.8 Å². The van der Waals surface area contributed by atoms with Crippen LogP contribution in [0.1, 0.15) is 24.5 Å². The molecule has 0 bridgehead atoms. The summed E-state index contributed by atoms with van der Waals surface area (Å²) in [5.74, 6) is 1.66. The molecule has 0 radical (unpaired) electrons. The van der Waals surface area contributed by atoms with Crippen LogP contribution in [0, 0.1) is 5.41 Å². The first-order chi connectivity index (χ1) is 19.0. The van der Waals surface area contributed by atoms with Gasteiger partial charge in [-0.1, -0.05) is 0 Å². The molecule has 1 spiro atoms. The van der Waals surface area contributed by atoms with Crippen LogP contribution < -0.4 is 21.3 Å². The minimum atomic E-state index is -0.457. The minimum Gasteiger partial charge on any atom is -0.376 e. The highest BCUT2D eigenvalue weighted by Crippen LogP contribution is 2.32. The summed E-state index contributed by atoms with van der Waals surface area (Å²) < 4.78 is 23.8. The smallest absolute Gasteiger partial charge is 0.229 e. The molecule has 2 aliphatic heterocycles. The van der Waals surface area contributed by atoms with E-state index in [1.54, 1.807) is 0 Å². The van der Waals surface area contributed by atoms with Gasteiger partial charge in [0.2, 0.25) is 23.8 Å². The maximum absolute atomic E-state index is 9.07. The van der Waals surface area contributed by atoms with Crippen molar-refractivity contribution < 1.29 is 39.4 Å². The van der Waals surface area contributed by atoms with Crippen molar-refractivity contribution in [2.75, 3.05) is 74.6 Å². The summed E-state index contributed by atoms with van der Waals surface area (Å²) in [7, 11) is 0. The van der Waals surface area contributed by atoms with Crippen LogP contribution in [0.4, 0.5) is 23.8 Å². The molecule has 0 aromatic carbocycles. The normalized spacial score (nSPS) is 23.0. The van der Waals surface area contributed by atoms with Crippen LogP contribution in [-0.4, -0.2) is 116 Å². The number of aliphatic hydroxyl groups excluding tert-OH is 4. The molecule has 2 saturated heterocycles. The molecule has 216 valence electrons. The van der Waals surface area contributed by atoms with Gasteiger partial charge in [-0.25, -0.2) is 0 Å². The Balaban J connectivity index is 1.21. The fourth-order valence-corrected chi connectivity index (χ4v) is 3.91. The molecule has 0 aliphatic carbocycles. The van der Waals surface area contributed by atoms with Gasteiger partial charge in [0.05, 0.1) is 31.8 Å². The standard InChI is InChI=1S/C21H34N10O8/c32-9-22-17-26-13(27-18(30-17)23-10-33)1-3-15-36-5-21(6-37-15)7-38-16(39-8-21)4-2-14-28-19(24-11-34)31-20(29-14)25-12-35/h15-16,32-35H,1-12H2,(H2,22,23,26,27,30)(H2,24,25,28,29,31). The van der Waals surface area contributed by atoms with Crippen molar-refractivity contribution >= 4 is 23.8 Å². The van der Waals surface area contributed by atoms with E-state index in [4.69, 9.17) is 39.4 Å². The van der Waals surface area contributed by atoms with Crippen molar-refractivity contribution in [2.24, 2.45) is 5.41 Å².